The van der Waals surface area contributed by atoms with Gasteiger partial charge in [0.2, 0.25) is 0 Å². The first-order chi connectivity index (χ1) is 4.62. The van der Waals surface area contributed by atoms with E-state index in [1.165, 1.54) is 0 Å². The SMILES string of the molecule is C[C@@]12C[C@H](C(=O)O)C[C@@H]1O2. The lowest BCUT2D eigenvalue weighted by molar-refractivity contribution is -0.142. The van der Waals surface area contributed by atoms with E-state index in [1.54, 1.807) is 0 Å². The summed E-state index contributed by atoms with van der Waals surface area (Å²) in [5.74, 6) is -0.819. The molecule has 3 atom stereocenters. The van der Waals surface area contributed by atoms with Gasteiger partial charge in [-0.2, -0.15) is 0 Å². The van der Waals surface area contributed by atoms with Gasteiger partial charge in [-0.05, 0) is 19.8 Å². The topological polar surface area (TPSA) is 49.8 Å². The summed E-state index contributed by atoms with van der Waals surface area (Å²) in [5, 5.41) is 8.61. The Balaban J connectivity index is 2.04. The first kappa shape index (κ1) is 6.16. The van der Waals surface area contributed by atoms with Crippen LogP contribution in [0.3, 0.4) is 0 Å². The number of rotatable bonds is 1. The Morgan fingerprint density at radius 3 is 2.80 bits per heavy atom. The molecule has 56 valence electrons. The summed E-state index contributed by atoms with van der Waals surface area (Å²) in [7, 11) is 0. The van der Waals surface area contributed by atoms with E-state index in [-0.39, 0.29) is 17.6 Å². The molecule has 0 aromatic rings. The number of carboxylic acid groups (broad SMARTS) is 1. The minimum Gasteiger partial charge on any atom is -0.481 e. The molecule has 0 radical (unpaired) electrons. The number of hydrogen-bond donors (Lipinski definition) is 1. The van der Waals surface area contributed by atoms with Crippen LogP contribution in [-0.4, -0.2) is 22.8 Å². The molecule has 3 nitrogen and oxygen atoms in total. The van der Waals surface area contributed by atoms with Gasteiger partial charge in [0.15, 0.2) is 0 Å². The second-order valence-corrected chi connectivity index (χ2v) is 3.39. The molecule has 1 aliphatic carbocycles. The van der Waals surface area contributed by atoms with E-state index in [0.29, 0.717) is 12.8 Å². The van der Waals surface area contributed by atoms with Crippen molar-refractivity contribution in [2.45, 2.75) is 31.5 Å². The summed E-state index contributed by atoms with van der Waals surface area (Å²) in [6, 6.07) is 0. The van der Waals surface area contributed by atoms with Crippen LogP contribution in [0, 0.1) is 5.92 Å². The molecular formula is C7H10O3. The van der Waals surface area contributed by atoms with E-state index in [4.69, 9.17) is 9.84 Å². The minimum absolute atomic E-state index is 0.0664. The number of fused-ring (bicyclic) bond motifs is 1. The smallest absolute Gasteiger partial charge is 0.306 e. The number of carboxylic acids is 1. The third kappa shape index (κ3) is 0.669. The molecule has 0 spiro atoms. The van der Waals surface area contributed by atoms with Crippen molar-refractivity contribution in [2.75, 3.05) is 0 Å². The number of carbonyl (C=O) groups is 1. The van der Waals surface area contributed by atoms with Crippen LogP contribution in [0.1, 0.15) is 19.8 Å². The number of aliphatic carboxylic acids is 1. The van der Waals surface area contributed by atoms with E-state index in [1.807, 2.05) is 6.92 Å². The normalized spacial score (nSPS) is 50.5. The standard InChI is InChI=1S/C7H10O3/c1-7-3-4(6(8)9)2-5(7)10-7/h4-5H,2-3H2,1H3,(H,8,9)/t4-,5+,7-/m1/s1. The van der Waals surface area contributed by atoms with Crippen LogP contribution in [0.15, 0.2) is 0 Å². The molecule has 0 aromatic carbocycles. The summed E-state index contributed by atoms with van der Waals surface area (Å²) in [6.45, 7) is 1.99. The fourth-order valence-corrected chi connectivity index (χ4v) is 1.79. The zero-order valence-corrected chi connectivity index (χ0v) is 5.83. The van der Waals surface area contributed by atoms with Crippen molar-refractivity contribution in [3.8, 4) is 0 Å². The van der Waals surface area contributed by atoms with Crippen molar-refractivity contribution >= 4 is 5.97 Å². The molecule has 1 aliphatic heterocycles. The molecule has 2 aliphatic rings. The van der Waals surface area contributed by atoms with Gasteiger partial charge in [-0.3, -0.25) is 4.79 Å². The van der Waals surface area contributed by atoms with Gasteiger partial charge in [0.05, 0.1) is 17.6 Å². The Morgan fingerprint density at radius 2 is 2.50 bits per heavy atom. The van der Waals surface area contributed by atoms with Crippen LogP contribution in [0.4, 0.5) is 0 Å². The van der Waals surface area contributed by atoms with Crippen LogP contribution in [-0.2, 0) is 9.53 Å². The van der Waals surface area contributed by atoms with Gasteiger partial charge in [-0.25, -0.2) is 0 Å². The Kier molecular flexibility index (Phi) is 0.944. The Hall–Kier alpha value is -0.570. The fourth-order valence-electron chi connectivity index (χ4n) is 1.79. The van der Waals surface area contributed by atoms with Gasteiger partial charge in [0, 0.05) is 0 Å². The summed E-state index contributed by atoms with van der Waals surface area (Å²) in [4.78, 5) is 10.5. The highest BCUT2D eigenvalue weighted by Crippen LogP contribution is 2.52. The third-order valence-electron chi connectivity index (χ3n) is 2.53. The third-order valence-corrected chi connectivity index (χ3v) is 2.53. The number of epoxide rings is 1. The van der Waals surface area contributed by atoms with E-state index >= 15 is 0 Å². The molecule has 0 bridgehead atoms. The highest BCUT2D eigenvalue weighted by Gasteiger charge is 2.60. The zero-order valence-electron chi connectivity index (χ0n) is 5.83. The van der Waals surface area contributed by atoms with E-state index in [0.717, 1.165) is 0 Å². The van der Waals surface area contributed by atoms with Crippen molar-refractivity contribution in [1.82, 2.24) is 0 Å². The zero-order chi connectivity index (χ0) is 7.35. The fraction of sp³-hybridized carbons (Fsp3) is 0.857. The second-order valence-electron chi connectivity index (χ2n) is 3.39. The molecule has 0 unspecified atom stereocenters. The van der Waals surface area contributed by atoms with Crippen LogP contribution >= 0.6 is 0 Å². The lowest BCUT2D eigenvalue weighted by Crippen LogP contribution is -2.14. The largest absolute Gasteiger partial charge is 0.481 e. The summed E-state index contributed by atoms with van der Waals surface area (Å²) in [5.41, 5.74) is -0.0664. The first-order valence-corrected chi connectivity index (χ1v) is 3.52. The van der Waals surface area contributed by atoms with Crippen LogP contribution < -0.4 is 0 Å². The molecule has 1 saturated carbocycles. The maximum Gasteiger partial charge on any atom is 0.306 e. The monoisotopic (exact) mass is 142 g/mol. The molecule has 3 heteroatoms. The van der Waals surface area contributed by atoms with Crippen molar-refractivity contribution < 1.29 is 14.6 Å². The molecule has 1 saturated heterocycles. The van der Waals surface area contributed by atoms with Crippen molar-refractivity contribution in [1.29, 1.82) is 0 Å². The van der Waals surface area contributed by atoms with Gasteiger partial charge in [-0.1, -0.05) is 0 Å². The van der Waals surface area contributed by atoms with Gasteiger partial charge in [-0.15, -0.1) is 0 Å². The van der Waals surface area contributed by atoms with Crippen molar-refractivity contribution in [2.24, 2.45) is 5.92 Å². The van der Waals surface area contributed by atoms with Gasteiger partial charge in [0.1, 0.15) is 0 Å². The molecule has 1 heterocycles. The summed E-state index contributed by atoms with van der Waals surface area (Å²) < 4.78 is 5.26. The molecule has 2 rings (SSSR count). The highest BCUT2D eigenvalue weighted by molar-refractivity contribution is 5.71. The lowest BCUT2D eigenvalue weighted by Gasteiger charge is -2.05. The van der Waals surface area contributed by atoms with E-state index in [2.05, 4.69) is 0 Å². The first-order valence-electron chi connectivity index (χ1n) is 3.52. The second kappa shape index (κ2) is 1.53. The van der Waals surface area contributed by atoms with E-state index < -0.39 is 5.97 Å². The van der Waals surface area contributed by atoms with Crippen LogP contribution in [0.25, 0.3) is 0 Å². The lowest BCUT2D eigenvalue weighted by atomic mass is 10.1. The minimum atomic E-state index is -0.669. The van der Waals surface area contributed by atoms with Crippen molar-refractivity contribution in [3.05, 3.63) is 0 Å². The Morgan fingerprint density at radius 1 is 1.80 bits per heavy atom. The highest BCUT2D eigenvalue weighted by atomic mass is 16.6. The van der Waals surface area contributed by atoms with Gasteiger partial charge < -0.3 is 9.84 Å². The summed E-state index contributed by atoms with van der Waals surface area (Å²) >= 11 is 0. The maximum atomic E-state index is 10.5. The van der Waals surface area contributed by atoms with Gasteiger partial charge >= 0.3 is 5.97 Å². The van der Waals surface area contributed by atoms with Gasteiger partial charge in [0.25, 0.3) is 0 Å². The molecule has 0 aromatic heterocycles. The summed E-state index contributed by atoms with van der Waals surface area (Å²) in [6.07, 6.45) is 1.66. The van der Waals surface area contributed by atoms with E-state index in [9.17, 15) is 4.79 Å². The Bertz CT molecular complexity index is 189. The molecule has 10 heavy (non-hydrogen) atoms. The average molecular weight is 142 g/mol. The molecular weight excluding hydrogens is 132 g/mol. The Labute approximate surface area is 59.0 Å². The van der Waals surface area contributed by atoms with Crippen molar-refractivity contribution in [3.63, 3.8) is 0 Å². The molecule has 0 amide bonds. The average Bonchev–Trinajstić information content (AvgIpc) is 2.32. The van der Waals surface area contributed by atoms with Crippen LogP contribution in [0.5, 0.6) is 0 Å². The molecule has 2 fully saturated rings. The molecule has 1 N–H and O–H groups in total. The van der Waals surface area contributed by atoms with Crippen LogP contribution in [0.2, 0.25) is 0 Å². The predicted molar refractivity (Wildman–Crippen MR) is 33.6 cm³/mol. The quantitative estimate of drug-likeness (QED) is 0.546. The predicted octanol–water partition coefficient (Wildman–Crippen LogP) is 0.639. The number of hydrogen-bond acceptors (Lipinski definition) is 2. The number of ether oxygens (including phenoxy) is 1. The maximum absolute atomic E-state index is 10.5.